The monoisotopic (exact) mass is 267 g/mol. The minimum atomic E-state index is 0.348. The van der Waals surface area contributed by atoms with Crippen molar-refractivity contribution in [2.45, 2.75) is 39.2 Å². The van der Waals surface area contributed by atoms with E-state index in [0.717, 1.165) is 23.2 Å². The van der Waals surface area contributed by atoms with E-state index in [1.165, 1.54) is 24.0 Å². The third-order valence-corrected chi connectivity index (χ3v) is 4.33. The number of phenols is 1. The average Bonchev–Trinajstić information content (AvgIpc) is 2.48. The molecular weight excluding hydrogens is 246 g/mol. The Morgan fingerprint density at radius 2 is 1.90 bits per heavy atom. The van der Waals surface area contributed by atoms with Crippen LogP contribution in [0.25, 0.3) is 0 Å². The van der Waals surface area contributed by atoms with Gasteiger partial charge in [0.2, 0.25) is 0 Å². The molecule has 0 aromatic heterocycles. The maximum Gasteiger partial charge on any atom is 0.123 e. The van der Waals surface area contributed by atoms with E-state index in [2.05, 4.69) is 35.6 Å². The number of hydrogen-bond donors (Lipinski definition) is 2. The quantitative estimate of drug-likeness (QED) is 0.839. The van der Waals surface area contributed by atoms with E-state index in [9.17, 15) is 5.11 Å². The van der Waals surface area contributed by atoms with Crippen LogP contribution in [0.15, 0.2) is 36.4 Å². The van der Waals surface area contributed by atoms with E-state index < -0.39 is 0 Å². The van der Waals surface area contributed by atoms with Gasteiger partial charge in [0, 0.05) is 11.3 Å². The zero-order valence-corrected chi connectivity index (χ0v) is 12.1. The lowest BCUT2D eigenvalue weighted by Gasteiger charge is -2.28. The van der Waals surface area contributed by atoms with E-state index in [1.807, 2.05) is 19.9 Å². The first-order valence-electron chi connectivity index (χ1n) is 7.30. The Labute approximate surface area is 120 Å². The normalized spacial score (nSPS) is 17.6. The number of anilines is 1. The van der Waals surface area contributed by atoms with Crippen molar-refractivity contribution in [3.63, 3.8) is 0 Å². The molecule has 0 saturated heterocycles. The lowest BCUT2D eigenvalue weighted by Crippen LogP contribution is -2.17. The first-order valence-corrected chi connectivity index (χ1v) is 7.30. The second-order valence-electron chi connectivity index (χ2n) is 5.69. The molecule has 0 radical (unpaired) electrons. The number of fused-ring (bicyclic) bond motifs is 1. The third kappa shape index (κ3) is 2.26. The first kappa shape index (κ1) is 13.0. The fourth-order valence-electron chi connectivity index (χ4n) is 3.08. The summed E-state index contributed by atoms with van der Waals surface area (Å²) >= 11 is 0. The molecule has 3 rings (SSSR count). The Morgan fingerprint density at radius 3 is 2.75 bits per heavy atom. The van der Waals surface area contributed by atoms with E-state index in [1.54, 1.807) is 0 Å². The molecule has 0 aliphatic heterocycles. The zero-order chi connectivity index (χ0) is 14.1. The lowest BCUT2D eigenvalue weighted by atomic mass is 9.87. The number of benzene rings is 2. The second-order valence-corrected chi connectivity index (χ2v) is 5.69. The Hall–Kier alpha value is -1.96. The van der Waals surface area contributed by atoms with Gasteiger partial charge in [-0.2, -0.15) is 0 Å². The molecule has 0 spiro atoms. The smallest absolute Gasteiger partial charge is 0.123 e. The summed E-state index contributed by atoms with van der Waals surface area (Å²) in [5.74, 6) is 0.402. The van der Waals surface area contributed by atoms with E-state index in [0.29, 0.717) is 11.8 Å². The van der Waals surface area contributed by atoms with Crippen molar-refractivity contribution in [2.24, 2.45) is 0 Å². The molecular formula is C18H21NO. The summed E-state index contributed by atoms with van der Waals surface area (Å²) in [7, 11) is 0. The predicted molar refractivity (Wildman–Crippen MR) is 83.3 cm³/mol. The van der Waals surface area contributed by atoms with Crippen LogP contribution in [0.1, 0.15) is 41.1 Å². The van der Waals surface area contributed by atoms with Crippen LogP contribution < -0.4 is 5.32 Å². The van der Waals surface area contributed by atoms with E-state index in [4.69, 9.17) is 0 Å². The SMILES string of the molecule is Cc1ccc(NC2CCCc3ccccc32)c(C)c1O. The highest BCUT2D eigenvalue weighted by Gasteiger charge is 2.20. The van der Waals surface area contributed by atoms with Crippen LogP contribution in [0.5, 0.6) is 5.75 Å². The number of rotatable bonds is 2. The highest BCUT2D eigenvalue weighted by molar-refractivity contribution is 5.60. The van der Waals surface area contributed by atoms with E-state index in [-0.39, 0.29) is 0 Å². The van der Waals surface area contributed by atoms with Crippen molar-refractivity contribution in [1.29, 1.82) is 0 Å². The maximum atomic E-state index is 10.1. The van der Waals surface area contributed by atoms with Crippen LogP contribution in [0.4, 0.5) is 5.69 Å². The predicted octanol–water partition coefficient (Wildman–Crippen LogP) is 4.50. The topological polar surface area (TPSA) is 32.3 Å². The van der Waals surface area contributed by atoms with Crippen molar-refractivity contribution in [1.82, 2.24) is 0 Å². The number of phenolic OH excluding ortho intramolecular Hbond substituents is 1. The molecule has 20 heavy (non-hydrogen) atoms. The fourth-order valence-corrected chi connectivity index (χ4v) is 3.08. The van der Waals surface area contributed by atoms with Gasteiger partial charge < -0.3 is 10.4 Å². The van der Waals surface area contributed by atoms with Gasteiger partial charge in [0.1, 0.15) is 5.75 Å². The second kappa shape index (κ2) is 5.20. The van der Waals surface area contributed by atoms with Gasteiger partial charge in [-0.25, -0.2) is 0 Å². The summed E-state index contributed by atoms with van der Waals surface area (Å²) in [6, 6.07) is 13.1. The van der Waals surface area contributed by atoms with Gasteiger partial charge in [-0.15, -0.1) is 0 Å². The third-order valence-electron chi connectivity index (χ3n) is 4.33. The molecule has 0 amide bonds. The van der Waals surface area contributed by atoms with Crippen LogP contribution >= 0.6 is 0 Å². The molecule has 2 N–H and O–H groups in total. The summed E-state index contributed by atoms with van der Waals surface area (Å²) in [5, 5.41) is 13.7. The highest BCUT2D eigenvalue weighted by Crippen LogP contribution is 2.35. The van der Waals surface area contributed by atoms with Crippen molar-refractivity contribution in [2.75, 3.05) is 5.32 Å². The molecule has 104 valence electrons. The van der Waals surface area contributed by atoms with Crippen molar-refractivity contribution < 1.29 is 5.11 Å². The van der Waals surface area contributed by atoms with Gasteiger partial charge in [0.25, 0.3) is 0 Å². The van der Waals surface area contributed by atoms with Crippen LogP contribution in [-0.2, 0) is 6.42 Å². The van der Waals surface area contributed by atoms with Gasteiger partial charge in [-0.3, -0.25) is 0 Å². The highest BCUT2D eigenvalue weighted by atomic mass is 16.3. The number of hydrogen-bond acceptors (Lipinski definition) is 2. The summed E-state index contributed by atoms with van der Waals surface area (Å²) < 4.78 is 0. The zero-order valence-electron chi connectivity index (χ0n) is 12.1. The number of aromatic hydroxyl groups is 1. The molecule has 2 nitrogen and oxygen atoms in total. The molecule has 0 fully saturated rings. The van der Waals surface area contributed by atoms with Crippen molar-refractivity contribution in [3.05, 3.63) is 58.7 Å². The van der Waals surface area contributed by atoms with Gasteiger partial charge >= 0.3 is 0 Å². The average molecular weight is 267 g/mol. The lowest BCUT2D eigenvalue weighted by molar-refractivity contribution is 0.467. The van der Waals surface area contributed by atoms with Gasteiger partial charge in [-0.05, 0) is 55.9 Å². The molecule has 1 unspecified atom stereocenters. The van der Waals surface area contributed by atoms with Crippen LogP contribution in [-0.4, -0.2) is 5.11 Å². The summed E-state index contributed by atoms with van der Waals surface area (Å²) in [6.07, 6.45) is 3.53. The van der Waals surface area contributed by atoms with Crippen LogP contribution in [0.2, 0.25) is 0 Å². The number of nitrogens with one attached hydrogen (secondary N) is 1. The largest absolute Gasteiger partial charge is 0.507 e. The molecule has 1 aliphatic rings. The standard InChI is InChI=1S/C18H21NO/c1-12-10-11-16(13(2)18(12)20)19-17-9-5-7-14-6-3-4-8-15(14)17/h3-4,6,8,10-11,17,19-20H,5,7,9H2,1-2H3. The minimum absolute atomic E-state index is 0.348. The molecule has 0 saturated carbocycles. The molecule has 1 aliphatic carbocycles. The summed E-state index contributed by atoms with van der Waals surface area (Å²) in [5.41, 5.74) is 5.75. The maximum absolute atomic E-state index is 10.1. The van der Waals surface area contributed by atoms with Crippen molar-refractivity contribution in [3.8, 4) is 5.75 Å². The first-order chi connectivity index (χ1) is 9.66. The number of aryl methyl sites for hydroxylation is 2. The minimum Gasteiger partial charge on any atom is -0.507 e. The molecule has 1 atom stereocenters. The Bertz CT molecular complexity index is 633. The molecule has 0 bridgehead atoms. The fraction of sp³-hybridized carbons (Fsp3) is 0.333. The summed E-state index contributed by atoms with van der Waals surface area (Å²) in [6.45, 7) is 3.90. The Balaban J connectivity index is 1.92. The Kier molecular flexibility index (Phi) is 3.39. The van der Waals surface area contributed by atoms with Gasteiger partial charge in [0.05, 0.1) is 6.04 Å². The van der Waals surface area contributed by atoms with Crippen molar-refractivity contribution >= 4 is 5.69 Å². The molecule has 2 aromatic carbocycles. The molecule has 2 heteroatoms. The summed E-state index contributed by atoms with van der Waals surface area (Å²) in [4.78, 5) is 0. The van der Waals surface area contributed by atoms with Crippen LogP contribution in [0.3, 0.4) is 0 Å². The van der Waals surface area contributed by atoms with E-state index >= 15 is 0 Å². The van der Waals surface area contributed by atoms with Crippen LogP contribution in [0, 0.1) is 13.8 Å². The van der Waals surface area contributed by atoms with Gasteiger partial charge in [-0.1, -0.05) is 30.3 Å². The Morgan fingerprint density at radius 1 is 1.10 bits per heavy atom. The molecule has 0 heterocycles. The molecule has 2 aromatic rings. The van der Waals surface area contributed by atoms with Gasteiger partial charge in [0.15, 0.2) is 0 Å².